The number of amides is 1. The molecule has 23 heavy (non-hydrogen) atoms. The summed E-state index contributed by atoms with van der Waals surface area (Å²) in [5, 5.41) is 2.59. The molecule has 1 aliphatic heterocycles. The molecule has 0 spiro atoms. The van der Waals surface area contributed by atoms with Gasteiger partial charge in [-0.05, 0) is 44.9 Å². The lowest BCUT2D eigenvalue weighted by atomic mass is 9.97. The Morgan fingerprint density at radius 3 is 2.48 bits per heavy atom. The van der Waals surface area contributed by atoms with Crippen LogP contribution >= 0.6 is 11.6 Å². The first-order valence-corrected chi connectivity index (χ1v) is 7.98. The Balaban J connectivity index is 2.08. The van der Waals surface area contributed by atoms with E-state index in [0.717, 1.165) is 37.5 Å². The van der Waals surface area contributed by atoms with Crippen molar-refractivity contribution < 1.29 is 18.0 Å². The molecule has 0 saturated carbocycles. The predicted molar refractivity (Wildman–Crippen MR) is 84.6 cm³/mol. The van der Waals surface area contributed by atoms with Crippen LogP contribution in [0, 0.1) is 0 Å². The zero-order valence-corrected chi connectivity index (χ0v) is 13.8. The fourth-order valence-electron chi connectivity index (χ4n) is 2.94. The van der Waals surface area contributed by atoms with Gasteiger partial charge >= 0.3 is 6.18 Å². The molecule has 2 atom stereocenters. The molecule has 0 bridgehead atoms. The predicted octanol–water partition coefficient (Wildman–Crippen LogP) is 4.56. The molecule has 1 saturated heterocycles. The molecular formula is C16H20ClF3N2O. The molecule has 1 amide bonds. The van der Waals surface area contributed by atoms with E-state index in [9.17, 15) is 18.0 Å². The summed E-state index contributed by atoms with van der Waals surface area (Å²) in [6.45, 7) is 4.26. The van der Waals surface area contributed by atoms with Crippen molar-refractivity contribution in [3.8, 4) is 0 Å². The van der Waals surface area contributed by atoms with E-state index in [1.54, 1.807) is 0 Å². The minimum absolute atomic E-state index is 0.0104. The summed E-state index contributed by atoms with van der Waals surface area (Å²) >= 11 is 5.89. The van der Waals surface area contributed by atoms with Crippen molar-refractivity contribution in [1.29, 1.82) is 0 Å². The van der Waals surface area contributed by atoms with Crippen LogP contribution in [0.1, 0.15) is 38.7 Å². The highest BCUT2D eigenvalue weighted by Crippen LogP contribution is 2.33. The number of nitrogens with zero attached hydrogens (tertiary/aromatic N) is 1. The second-order valence-electron chi connectivity index (χ2n) is 6.04. The third-order valence-corrected chi connectivity index (χ3v) is 4.60. The standard InChI is InChI=1S/C16H20ClF3N2O/c1-10-4-3-5-11(2)22(10)9-15(23)21-14-8-12(16(18,19)20)6-7-13(14)17/h6-8,10-11H,3-5,9H2,1-2H3,(H,21,23). The molecule has 0 aliphatic carbocycles. The summed E-state index contributed by atoms with van der Waals surface area (Å²) in [5.41, 5.74) is -0.847. The van der Waals surface area contributed by atoms with Crippen LogP contribution in [0.4, 0.5) is 18.9 Å². The van der Waals surface area contributed by atoms with Crippen LogP contribution in [0.3, 0.4) is 0 Å². The first kappa shape index (κ1) is 18.1. The van der Waals surface area contributed by atoms with Crippen molar-refractivity contribution in [3.05, 3.63) is 28.8 Å². The number of halogens is 4. The maximum Gasteiger partial charge on any atom is 0.416 e. The summed E-state index contributed by atoms with van der Waals surface area (Å²) in [7, 11) is 0. The van der Waals surface area contributed by atoms with E-state index in [0.29, 0.717) is 0 Å². The van der Waals surface area contributed by atoms with Gasteiger partial charge in [0, 0.05) is 12.1 Å². The Hall–Kier alpha value is -1.27. The lowest BCUT2D eigenvalue weighted by Crippen LogP contribution is -2.47. The number of hydrogen-bond donors (Lipinski definition) is 1. The molecule has 0 radical (unpaired) electrons. The van der Waals surface area contributed by atoms with E-state index in [-0.39, 0.29) is 35.2 Å². The van der Waals surface area contributed by atoms with Crippen LogP contribution in [-0.4, -0.2) is 29.4 Å². The molecule has 2 unspecified atom stereocenters. The number of benzene rings is 1. The minimum Gasteiger partial charge on any atom is -0.324 e. The molecule has 0 aromatic heterocycles. The smallest absolute Gasteiger partial charge is 0.324 e. The van der Waals surface area contributed by atoms with Gasteiger partial charge in [0.2, 0.25) is 5.91 Å². The van der Waals surface area contributed by atoms with E-state index >= 15 is 0 Å². The Bertz CT molecular complexity index is 567. The molecule has 7 heteroatoms. The van der Waals surface area contributed by atoms with Crippen LogP contribution in [0.25, 0.3) is 0 Å². The summed E-state index contributed by atoms with van der Waals surface area (Å²) in [6.07, 6.45) is -1.32. The molecule has 1 fully saturated rings. The Labute approximate surface area is 138 Å². The van der Waals surface area contributed by atoms with Crippen molar-refractivity contribution in [2.45, 2.75) is 51.4 Å². The van der Waals surface area contributed by atoms with Crippen molar-refractivity contribution in [2.75, 3.05) is 11.9 Å². The van der Waals surface area contributed by atoms with Crippen molar-refractivity contribution in [1.82, 2.24) is 4.90 Å². The monoisotopic (exact) mass is 348 g/mol. The van der Waals surface area contributed by atoms with Gasteiger partial charge in [0.25, 0.3) is 0 Å². The fraction of sp³-hybridized carbons (Fsp3) is 0.562. The molecule has 1 aromatic rings. The second kappa shape index (κ2) is 7.09. The highest BCUT2D eigenvalue weighted by atomic mass is 35.5. The van der Waals surface area contributed by atoms with E-state index < -0.39 is 11.7 Å². The van der Waals surface area contributed by atoms with Gasteiger partial charge in [0.05, 0.1) is 22.8 Å². The number of hydrogen-bond acceptors (Lipinski definition) is 2. The Morgan fingerprint density at radius 2 is 1.91 bits per heavy atom. The summed E-state index contributed by atoms with van der Waals surface area (Å²) in [5.74, 6) is -0.355. The van der Waals surface area contributed by atoms with E-state index in [1.807, 2.05) is 0 Å². The van der Waals surface area contributed by atoms with Crippen LogP contribution in [0.15, 0.2) is 18.2 Å². The van der Waals surface area contributed by atoms with Gasteiger partial charge in [-0.1, -0.05) is 18.0 Å². The molecule has 128 valence electrons. The first-order valence-electron chi connectivity index (χ1n) is 7.61. The summed E-state index contributed by atoms with van der Waals surface area (Å²) in [4.78, 5) is 14.3. The lowest BCUT2D eigenvalue weighted by molar-refractivity contribution is -0.137. The van der Waals surface area contributed by atoms with Gasteiger partial charge in [0.15, 0.2) is 0 Å². The van der Waals surface area contributed by atoms with Gasteiger partial charge in [0.1, 0.15) is 0 Å². The number of rotatable bonds is 3. The van der Waals surface area contributed by atoms with Gasteiger partial charge in [-0.2, -0.15) is 13.2 Å². The third kappa shape index (κ3) is 4.61. The first-order chi connectivity index (χ1) is 10.7. The van der Waals surface area contributed by atoms with Crippen LogP contribution in [-0.2, 0) is 11.0 Å². The van der Waals surface area contributed by atoms with E-state index in [1.165, 1.54) is 0 Å². The quantitative estimate of drug-likeness (QED) is 0.868. The average Bonchev–Trinajstić information content (AvgIpc) is 2.44. The molecule has 1 heterocycles. The minimum atomic E-state index is -4.47. The number of anilines is 1. The zero-order valence-electron chi connectivity index (χ0n) is 13.1. The molecule has 1 N–H and O–H groups in total. The number of likely N-dealkylation sites (tertiary alicyclic amines) is 1. The molecule has 1 aliphatic rings. The number of carbonyl (C=O) groups excluding carboxylic acids is 1. The summed E-state index contributed by atoms with van der Waals surface area (Å²) < 4.78 is 38.2. The Kier molecular flexibility index (Phi) is 5.57. The highest BCUT2D eigenvalue weighted by molar-refractivity contribution is 6.33. The molecule has 3 nitrogen and oxygen atoms in total. The van der Waals surface area contributed by atoms with Crippen LogP contribution in [0.2, 0.25) is 5.02 Å². The van der Waals surface area contributed by atoms with E-state index in [4.69, 9.17) is 11.6 Å². The Morgan fingerprint density at radius 1 is 1.30 bits per heavy atom. The van der Waals surface area contributed by atoms with E-state index in [2.05, 4.69) is 24.1 Å². The average molecular weight is 349 g/mol. The second-order valence-corrected chi connectivity index (χ2v) is 6.45. The van der Waals surface area contributed by atoms with Gasteiger partial charge in [-0.3, -0.25) is 9.69 Å². The third-order valence-electron chi connectivity index (χ3n) is 4.27. The molecule has 2 rings (SSSR count). The van der Waals surface area contributed by atoms with Gasteiger partial charge < -0.3 is 5.32 Å². The SMILES string of the molecule is CC1CCCC(C)N1CC(=O)Nc1cc(C(F)(F)F)ccc1Cl. The highest BCUT2D eigenvalue weighted by Gasteiger charge is 2.31. The normalized spacial score (nSPS) is 22.9. The lowest BCUT2D eigenvalue weighted by Gasteiger charge is -2.38. The topological polar surface area (TPSA) is 32.3 Å². The number of alkyl halides is 3. The largest absolute Gasteiger partial charge is 0.416 e. The van der Waals surface area contributed by atoms with Gasteiger partial charge in [-0.15, -0.1) is 0 Å². The van der Waals surface area contributed by atoms with Crippen molar-refractivity contribution in [2.24, 2.45) is 0 Å². The van der Waals surface area contributed by atoms with Crippen molar-refractivity contribution in [3.63, 3.8) is 0 Å². The maximum absolute atomic E-state index is 12.7. The zero-order chi connectivity index (χ0) is 17.2. The maximum atomic E-state index is 12.7. The molecule has 1 aromatic carbocycles. The summed E-state index contributed by atoms with van der Waals surface area (Å²) in [6, 6.07) is 3.46. The van der Waals surface area contributed by atoms with Crippen molar-refractivity contribution >= 4 is 23.2 Å². The number of carbonyl (C=O) groups is 1. The fourth-order valence-corrected chi connectivity index (χ4v) is 3.10. The number of piperidine rings is 1. The van der Waals surface area contributed by atoms with Gasteiger partial charge in [-0.25, -0.2) is 0 Å². The molecular weight excluding hydrogens is 329 g/mol. The van der Waals surface area contributed by atoms with Crippen LogP contribution in [0.5, 0.6) is 0 Å². The van der Waals surface area contributed by atoms with Crippen LogP contribution < -0.4 is 5.32 Å². The number of nitrogens with one attached hydrogen (secondary N) is 1.